The van der Waals surface area contributed by atoms with E-state index in [0.29, 0.717) is 18.7 Å². The molecule has 0 radical (unpaired) electrons. The fraction of sp³-hybridized carbons (Fsp3) is 0.385. The van der Waals surface area contributed by atoms with E-state index < -0.39 is 10.9 Å². The smallest absolute Gasteiger partial charge is 0.325 e. The molecule has 0 amide bonds. The molecule has 1 aromatic rings. The molecule has 0 aliphatic rings. The Morgan fingerprint density at radius 2 is 2.25 bits per heavy atom. The molecule has 7 nitrogen and oxygen atoms in total. The highest BCUT2D eigenvalue weighted by Gasteiger charge is 2.21. The Labute approximate surface area is 116 Å². The van der Waals surface area contributed by atoms with Gasteiger partial charge in [-0.2, -0.15) is 5.26 Å². The van der Waals surface area contributed by atoms with Gasteiger partial charge in [0.05, 0.1) is 23.7 Å². The van der Waals surface area contributed by atoms with Gasteiger partial charge in [-0.25, -0.2) is 0 Å². The standard InChI is InChI=1S/C13H15N3O4/c1-3-6-15(9-13(17)20-2)11-5-4-10(8-14)7-12(11)16(18)19/h4-5,7H,3,6,9H2,1-2H3. The van der Waals surface area contributed by atoms with E-state index in [9.17, 15) is 14.9 Å². The number of ether oxygens (including phenoxy) is 1. The minimum absolute atomic E-state index is 0.0723. The number of rotatable bonds is 6. The molecule has 106 valence electrons. The molecule has 0 unspecified atom stereocenters. The molecule has 0 heterocycles. The molecule has 0 spiro atoms. The average molecular weight is 277 g/mol. The summed E-state index contributed by atoms with van der Waals surface area (Å²) >= 11 is 0. The molecule has 0 bridgehead atoms. The highest BCUT2D eigenvalue weighted by atomic mass is 16.6. The Bertz CT molecular complexity index is 551. The first-order valence-corrected chi connectivity index (χ1v) is 6.03. The number of nitro groups is 1. The van der Waals surface area contributed by atoms with Gasteiger partial charge < -0.3 is 9.64 Å². The highest BCUT2D eigenvalue weighted by Crippen LogP contribution is 2.29. The zero-order chi connectivity index (χ0) is 15.1. The number of benzene rings is 1. The van der Waals surface area contributed by atoms with E-state index in [2.05, 4.69) is 4.74 Å². The van der Waals surface area contributed by atoms with Crippen LogP contribution in [-0.2, 0) is 9.53 Å². The van der Waals surface area contributed by atoms with Crippen LogP contribution in [0.1, 0.15) is 18.9 Å². The van der Waals surface area contributed by atoms with Crippen molar-refractivity contribution in [3.63, 3.8) is 0 Å². The normalized spacial score (nSPS) is 9.65. The van der Waals surface area contributed by atoms with E-state index in [1.54, 1.807) is 4.90 Å². The molecule has 20 heavy (non-hydrogen) atoms. The lowest BCUT2D eigenvalue weighted by Crippen LogP contribution is -2.31. The molecule has 0 N–H and O–H groups in total. The maximum absolute atomic E-state index is 11.4. The molecule has 1 aromatic carbocycles. The molecule has 0 aliphatic carbocycles. The van der Waals surface area contributed by atoms with Crippen molar-refractivity contribution in [2.45, 2.75) is 13.3 Å². The molecular weight excluding hydrogens is 262 g/mol. The van der Waals surface area contributed by atoms with Crippen molar-refractivity contribution in [3.8, 4) is 6.07 Å². The largest absolute Gasteiger partial charge is 0.468 e. The van der Waals surface area contributed by atoms with Crippen molar-refractivity contribution in [1.82, 2.24) is 0 Å². The molecule has 0 saturated heterocycles. The van der Waals surface area contributed by atoms with Crippen molar-refractivity contribution < 1.29 is 14.5 Å². The zero-order valence-electron chi connectivity index (χ0n) is 11.3. The maximum atomic E-state index is 11.4. The van der Waals surface area contributed by atoms with Crippen LogP contribution in [0, 0.1) is 21.4 Å². The van der Waals surface area contributed by atoms with Gasteiger partial charge >= 0.3 is 5.97 Å². The van der Waals surface area contributed by atoms with E-state index >= 15 is 0 Å². The second kappa shape index (κ2) is 7.09. The summed E-state index contributed by atoms with van der Waals surface area (Å²) in [4.78, 5) is 23.5. The number of nitro benzene ring substituents is 1. The number of nitrogens with zero attached hydrogens (tertiary/aromatic N) is 3. The first-order valence-electron chi connectivity index (χ1n) is 6.03. The van der Waals surface area contributed by atoms with E-state index in [4.69, 9.17) is 5.26 Å². The van der Waals surface area contributed by atoms with Crippen molar-refractivity contribution in [2.75, 3.05) is 25.1 Å². The minimum Gasteiger partial charge on any atom is -0.468 e. The Morgan fingerprint density at radius 1 is 1.55 bits per heavy atom. The molecule has 0 saturated carbocycles. The van der Waals surface area contributed by atoms with Crippen LogP contribution in [0.2, 0.25) is 0 Å². The van der Waals surface area contributed by atoms with Gasteiger partial charge in [0.25, 0.3) is 5.69 Å². The molecule has 7 heteroatoms. The summed E-state index contributed by atoms with van der Waals surface area (Å²) in [5, 5.41) is 19.9. The average Bonchev–Trinajstić information content (AvgIpc) is 2.45. The summed E-state index contributed by atoms with van der Waals surface area (Å²) < 4.78 is 4.59. The van der Waals surface area contributed by atoms with Gasteiger partial charge in [-0.05, 0) is 18.6 Å². The molecule has 0 aliphatic heterocycles. The molecular formula is C13H15N3O4. The maximum Gasteiger partial charge on any atom is 0.325 e. The lowest BCUT2D eigenvalue weighted by molar-refractivity contribution is -0.384. The monoisotopic (exact) mass is 277 g/mol. The first kappa shape index (κ1) is 15.4. The van der Waals surface area contributed by atoms with Gasteiger partial charge in [0.1, 0.15) is 12.2 Å². The third kappa shape index (κ3) is 3.68. The molecule has 0 aromatic heterocycles. The lowest BCUT2D eigenvalue weighted by Gasteiger charge is -2.22. The van der Waals surface area contributed by atoms with Crippen LogP contribution in [0.5, 0.6) is 0 Å². The van der Waals surface area contributed by atoms with Crippen LogP contribution in [0.3, 0.4) is 0 Å². The third-order valence-electron chi connectivity index (χ3n) is 2.68. The second-order valence-corrected chi connectivity index (χ2v) is 4.07. The van der Waals surface area contributed by atoms with Crippen LogP contribution < -0.4 is 4.90 Å². The number of esters is 1. The number of anilines is 1. The van der Waals surface area contributed by atoms with Crippen LogP contribution in [0.25, 0.3) is 0 Å². The topological polar surface area (TPSA) is 96.5 Å². The molecule has 1 rings (SSSR count). The van der Waals surface area contributed by atoms with Crippen LogP contribution >= 0.6 is 0 Å². The number of methoxy groups -OCH3 is 1. The second-order valence-electron chi connectivity index (χ2n) is 4.07. The van der Waals surface area contributed by atoms with Gasteiger partial charge in [-0.3, -0.25) is 14.9 Å². The first-order chi connectivity index (χ1) is 9.53. The zero-order valence-corrected chi connectivity index (χ0v) is 11.3. The van der Waals surface area contributed by atoms with E-state index in [1.165, 1.54) is 25.3 Å². The number of carbonyl (C=O) groups excluding carboxylic acids is 1. The van der Waals surface area contributed by atoms with Crippen molar-refractivity contribution >= 4 is 17.3 Å². The number of hydrogen-bond donors (Lipinski definition) is 0. The predicted molar refractivity (Wildman–Crippen MR) is 72.3 cm³/mol. The number of carbonyl (C=O) groups is 1. The Balaban J connectivity index is 3.21. The summed E-state index contributed by atoms with van der Waals surface area (Å²) in [6.07, 6.45) is 0.716. The summed E-state index contributed by atoms with van der Waals surface area (Å²) in [5.41, 5.74) is 0.317. The SMILES string of the molecule is CCCN(CC(=O)OC)c1ccc(C#N)cc1[N+](=O)[O-]. The summed E-state index contributed by atoms with van der Waals surface area (Å²) in [7, 11) is 1.26. The van der Waals surface area contributed by atoms with Gasteiger partial charge in [0, 0.05) is 12.6 Å². The predicted octanol–water partition coefficient (Wildman–Crippen LogP) is 1.86. The Hall–Kier alpha value is -2.62. The molecule has 0 fully saturated rings. The summed E-state index contributed by atoms with van der Waals surface area (Å²) in [6, 6.07) is 6.03. The van der Waals surface area contributed by atoms with Gasteiger partial charge in [0.15, 0.2) is 0 Å². The fourth-order valence-electron chi connectivity index (χ4n) is 1.78. The molecule has 0 atom stereocenters. The van der Waals surface area contributed by atoms with Gasteiger partial charge in [-0.15, -0.1) is 0 Å². The van der Waals surface area contributed by atoms with Gasteiger partial charge in [-0.1, -0.05) is 6.92 Å². The number of hydrogen-bond acceptors (Lipinski definition) is 6. The van der Waals surface area contributed by atoms with Crippen molar-refractivity contribution in [1.29, 1.82) is 5.26 Å². The number of nitriles is 1. The Kier molecular flexibility index (Phi) is 5.47. The minimum atomic E-state index is -0.559. The van der Waals surface area contributed by atoms with E-state index in [0.717, 1.165) is 0 Å². The highest BCUT2D eigenvalue weighted by molar-refractivity contribution is 5.78. The van der Waals surface area contributed by atoms with Crippen molar-refractivity contribution in [2.24, 2.45) is 0 Å². The fourth-order valence-corrected chi connectivity index (χ4v) is 1.78. The Morgan fingerprint density at radius 3 is 2.75 bits per heavy atom. The van der Waals surface area contributed by atoms with E-state index in [1.807, 2.05) is 13.0 Å². The van der Waals surface area contributed by atoms with Crippen LogP contribution in [0.15, 0.2) is 18.2 Å². The summed E-state index contributed by atoms with van der Waals surface area (Å²) in [5.74, 6) is -0.475. The van der Waals surface area contributed by atoms with Gasteiger partial charge in [0.2, 0.25) is 0 Å². The van der Waals surface area contributed by atoms with Crippen LogP contribution in [0.4, 0.5) is 11.4 Å². The quantitative estimate of drug-likeness (QED) is 0.447. The third-order valence-corrected chi connectivity index (χ3v) is 2.68. The lowest BCUT2D eigenvalue weighted by atomic mass is 10.1. The van der Waals surface area contributed by atoms with E-state index in [-0.39, 0.29) is 17.8 Å². The van der Waals surface area contributed by atoms with Crippen molar-refractivity contribution in [3.05, 3.63) is 33.9 Å². The summed E-state index contributed by atoms with van der Waals surface area (Å²) in [6.45, 7) is 2.30. The van der Waals surface area contributed by atoms with Crippen LogP contribution in [-0.4, -0.2) is 31.1 Å².